The van der Waals surface area contributed by atoms with E-state index in [2.05, 4.69) is 30.2 Å². The van der Waals surface area contributed by atoms with Gasteiger partial charge in [-0.1, -0.05) is 0 Å². The number of nitrogens with one attached hydrogen (secondary N) is 1. The van der Waals surface area contributed by atoms with Crippen molar-refractivity contribution in [1.29, 1.82) is 0 Å². The number of rotatable bonds is 5. The summed E-state index contributed by atoms with van der Waals surface area (Å²) in [6.07, 6.45) is 3.92. The summed E-state index contributed by atoms with van der Waals surface area (Å²) in [5, 5.41) is 3.20. The second-order valence-corrected chi connectivity index (χ2v) is 6.04. The van der Waals surface area contributed by atoms with Crippen molar-refractivity contribution >= 4 is 17.7 Å². The molecule has 0 atom stereocenters. The maximum absolute atomic E-state index is 12.4. The lowest BCUT2D eigenvalue weighted by atomic mass is 10.3. The topological polar surface area (TPSA) is 87.1 Å². The first-order valence-electron chi connectivity index (χ1n) is 8.48. The molecule has 0 radical (unpaired) electrons. The summed E-state index contributed by atoms with van der Waals surface area (Å²) in [5.74, 6) is 2.38. The van der Waals surface area contributed by atoms with Gasteiger partial charge in [0.25, 0.3) is 0 Å². The highest BCUT2D eigenvalue weighted by Crippen LogP contribution is 2.11. The minimum atomic E-state index is 0.156. The molecule has 0 spiro atoms. The van der Waals surface area contributed by atoms with Crippen LogP contribution in [0.2, 0.25) is 0 Å². The SMILES string of the molecule is Cc1cc(NCCC(=O)N2CCN(c3ncccn3)CC2)nc(C)n1. The van der Waals surface area contributed by atoms with Crippen LogP contribution in [0, 0.1) is 13.8 Å². The predicted molar refractivity (Wildman–Crippen MR) is 95.4 cm³/mol. The summed E-state index contributed by atoms with van der Waals surface area (Å²) < 4.78 is 0. The fraction of sp³-hybridized carbons (Fsp3) is 0.471. The van der Waals surface area contributed by atoms with Crippen LogP contribution in [-0.4, -0.2) is 63.5 Å². The smallest absolute Gasteiger partial charge is 0.225 e. The Morgan fingerprint density at radius 3 is 2.52 bits per heavy atom. The van der Waals surface area contributed by atoms with Crippen LogP contribution in [0.3, 0.4) is 0 Å². The molecule has 1 N–H and O–H groups in total. The molecule has 2 aromatic rings. The Kier molecular flexibility index (Phi) is 5.37. The summed E-state index contributed by atoms with van der Waals surface area (Å²) in [5.41, 5.74) is 0.917. The first-order chi connectivity index (χ1) is 12.1. The molecule has 0 saturated carbocycles. The molecule has 2 aromatic heterocycles. The molecule has 0 bridgehead atoms. The van der Waals surface area contributed by atoms with E-state index in [0.717, 1.165) is 36.4 Å². The lowest BCUT2D eigenvalue weighted by Gasteiger charge is -2.34. The number of aromatic nitrogens is 4. The summed E-state index contributed by atoms with van der Waals surface area (Å²) >= 11 is 0. The quantitative estimate of drug-likeness (QED) is 0.869. The molecule has 0 unspecified atom stereocenters. The highest BCUT2D eigenvalue weighted by atomic mass is 16.2. The van der Waals surface area contributed by atoms with Gasteiger partial charge in [0.1, 0.15) is 11.6 Å². The third kappa shape index (κ3) is 4.62. The molecule has 8 nitrogen and oxygen atoms in total. The molecule has 3 heterocycles. The van der Waals surface area contributed by atoms with Gasteiger partial charge in [0.05, 0.1) is 0 Å². The Balaban J connectivity index is 1.43. The molecular weight excluding hydrogens is 318 g/mol. The van der Waals surface area contributed by atoms with Gasteiger partial charge in [0.2, 0.25) is 11.9 Å². The van der Waals surface area contributed by atoms with Gasteiger partial charge in [0, 0.05) is 63.3 Å². The van der Waals surface area contributed by atoms with Crippen molar-refractivity contribution in [2.45, 2.75) is 20.3 Å². The van der Waals surface area contributed by atoms with Gasteiger partial charge in [-0.05, 0) is 19.9 Å². The van der Waals surface area contributed by atoms with Crippen LogP contribution in [0.25, 0.3) is 0 Å². The number of hydrogen-bond donors (Lipinski definition) is 1. The second kappa shape index (κ2) is 7.87. The van der Waals surface area contributed by atoms with Crippen LogP contribution < -0.4 is 10.2 Å². The second-order valence-electron chi connectivity index (χ2n) is 6.04. The van der Waals surface area contributed by atoms with E-state index >= 15 is 0 Å². The number of anilines is 2. The van der Waals surface area contributed by atoms with Crippen LogP contribution in [-0.2, 0) is 4.79 Å². The molecule has 8 heteroatoms. The Morgan fingerprint density at radius 1 is 1.12 bits per heavy atom. The Bertz CT molecular complexity index is 694. The molecule has 1 aliphatic rings. The molecule has 3 rings (SSSR count). The summed E-state index contributed by atoms with van der Waals surface area (Å²) in [4.78, 5) is 33.5. The van der Waals surface area contributed by atoms with Crippen molar-refractivity contribution in [1.82, 2.24) is 24.8 Å². The van der Waals surface area contributed by atoms with E-state index in [1.807, 2.05) is 24.8 Å². The van der Waals surface area contributed by atoms with E-state index in [9.17, 15) is 4.79 Å². The zero-order valence-corrected chi connectivity index (χ0v) is 14.6. The highest BCUT2D eigenvalue weighted by molar-refractivity contribution is 5.77. The standard InChI is InChI=1S/C17H23N7O/c1-13-12-15(22-14(2)21-13)18-7-4-16(25)23-8-10-24(11-9-23)17-19-5-3-6-20-17/h3,5-6,12H,4,7-11H2,1-2H3,(H,18,21,22). The maximum Gasteiger partial charge on any atom is 0.225 e. The molecule has 25 heavy (non-hydrogen) atoms. The Labute approximate surface area is 147 Å². The van der Waals surface area contributed by atoms with Crippen LogP contribution in [0.4, 0.5) is 11.8 Å². The summed E-state index contributed by atoms with van der Waals surface area (Å²) in [6, 6.07) is 3.69. The third-order valence-electron chi connectivity index (χ3n) is 4.08. The van der Waals surface area contributed by atoms with Gasteiger partial charge in [-0.2, -0.15) is 0 Å². The number of carbonyl (C=O) groups excluding carboxylic acids is 1. The number of aryl methyl sites for hydroxylation is 2. The molecule has 132 valence electrons. The van der Waals surface area contributed by atoms with Crippen LogP contribution >= 0.6 is 0 Å². The monoisotopic (exact) mass is 341 g/mol. The average molecular weight is 341 g/mol. The number of nitrogens with zero attached hydrogens (tertiary/aromatic N) is 6. The van der Waals surface area contributed by atoms with Gasteiger partial charge < -0.3 is 15.1 Å². The van der Waals surface area contributed by atoms with E-state index in [0.29, 0.717) is 26.1 Å². The Morgan fingerprint density at radius 2 is 1.84 bits per heavy atom. The van der Waals surface area contributed by atoms with Gasteiger partial charge in [-0.25, -0.2) is 19.9 Å². The van der Waals surface area contributed by atoms with Crippen molar-refractivity contribution in [2.24, 2.45) is 0 Å². The molecule has 1 fully saturated rings. The highest BCUT2D eigenvalue weighted by Gasteiger charge is 2.22. The maximum atomic E-state index is 12.4. The fourth-order valence-electron chi connectivity index (χ4n) is 2.87. The normalized spacial score (nSPS) is 14.5. The van der Waals surface area contributed by atoms with Crippen molar-refractivity contribution in [3.8, 4) is 0 Å². The van der Waals surface area contributed by atoms with E-state index in [4.69, 9.17) is 0 Å². The minimum Gasteiger partial charge on any atom is -0.369 e. The van der Waals surface area contributed by atoms with Gasteiger partial charge in [-0.3, -0.25) is 4.79 Å². The first kappa shape index (κ1) is 17.1. The fourth-order valence-corrected chi connectivity index (χ4v) is 2.87. The first-order valence-corrected chi connectivity index (χ1v) is 8.48. The van der Waals surface area contributed by atoms with Crippen molar-refractivity contribution in [2.75, 3.05) is 42.9 Å². The number of hydrogen-bond acceptors (Lipinski definition) is 7. The lowest BCUT2D eigenvalue weighted by Crippen LogP contribution is -2.49. The van der Waals surface area contributed by atoms with Crippen molar-refractivity contribution < 1.29 is 4.79 Å². The predicted octanol–water partition coefficient (Wildman–Crippen LogP) is 1.03. The largest absolute Gasteiger partial charge is 0.369 e. The van der Waals surface area contributed by atoms with Crippen LogP contribution in [0.1, 0.15) is 17.9 Å². The molecule has 0 aromatic carbocycles. The molecule has 1 aliphatic heterocycles. The summed E-state index contributed by atoms with van der Waals surface area (Å²) in [7, 11) is 0. The number of piperazine rings is 1. The molecule has 1 amide bonds. The Hall–Kier alpha value is -2.77. The zero-order chi connectivity index (χ0) is 17.6. The van der Waals surface area contributed by atoms with Crippen molar-refractivity contribution in [3.05, 3.63) is 36.0 Å². The molecule has 0 aliphatic carbocycles. The van der Waals surface area contributed by atoms with E-state index in [1.54, 1.807) is 18.5 Å². The lowest BCUT2D eigenvalue weighted by molar-refractivity contribution is -0.131. The molecular formula is C17H23N7O. The van der Waals surface area contributed by atoms with Crippen molar-refractivity contribution in [3.63, 3.8) is 0 Å². The third-order valence-corrected chi connectivity index (χ3v) is 4.08. The number of amides is 1. The van der Waals surface area contributed by atoms with Gasteiger partial charge >= 0.3 is 0 Å². The van der Waals surface area contributed by atoms with E-state index in [1.165, 1.54) is 0 Å². The van der Waals surface area contributed by atoms with E-state index < -0.39 is 0 Å². The number of carbonyl (C=O) groups is 1. The molecule has 1 saturated heterocycles. The van der Waals surface area contributed by atoms with Crippen LogP contribution in [0.15, 0.2) is 24.5 Å². The van der Waals surface area contributed by atoms with E-state index in [-0.39, 0.29) is 5.91 Å². The summed E-state index contributed by atoms with van der Waals surface area (Å²) in [6.45, 7) is 7.27. The van der Waals surface area contributed by atoms with Gasteiger partial charge in [0.15, 0.2) is 0 Å². The average Bonchev–Trinajstić information content (AvgIpc) is 2.62. The zero-order valence-electron chi connectivity index (χ0n) is 14.6. The van der Waals surface area contributed by atoms with Gasteiger partial charge in [-0.15, -0.1) is 0 Å². The minimum absolute atomic E-state index is 0.156. The van der Waals surface area contributed by atoms with Crippen LogP contribution in [0.5, 0.6) is 0 Å².